The summed E-state index contributed by atoms with van der Waals surface area (Å²) in [7, 11) is 0. The number of aliphatic hydroxyl groups is 2. The minimum absolute atomic E-state index is 0.232. The van der Waals surface area contributed by atoms with Crippen LogP contribution in [-0.4, -0.2) is 34.4 Å². The minimum atomic E-state index is -1.41. The molecular formula is C5H6O5. The van der Waals surface area contributed by atoms with E-state index in [2.05, 4.69) is 4.74 Å². The number of aliphatic hydroxyl groups excluding tert-OH is 2. The largest absolute Gasteiger partial charge is 0.430 e. The van der Waals surface area contributed by atoms with E-state index in [9.17, 15) is 9.59 Å². The van der Waals surface area contributed by atoms with E-state index in [0.717, 1.165) is 0 Å². The number of hydrogen-bond acceptors (Lipinski definition) is 5. The second kappa shape index (κ2) is 2.36. The van der Waals surface area contributed by atoms with Crippen molar-refractivity contribution in [2.45, 2.75) is 18.8 Å². The van der Waals surface area contributed by atoms with E-state index in [4.69, 9.17) is 10.2 Å². The van der Waals surface area contributed by atoms with Crippen LogP contribution in [0.2, 0.25) is 0 Å². The van der Waals surface area contributed by atoms with Gasteiger partial charge < -0.3 is 14.9 Å². The highest BCUT2D eigenvalue weighted by atomic mass is 16.6. The van der Waals surface area contributed by atoms with Gasteiger partial charge in [0.15, 0.2) is 0 Å². The van der Waals surface area contributed by atoms with Crippen LogP contribution in [0.1, 0.15) is 6.42 Å². The van der Waals surface area contributed by atoms with Crippen LogP contribution in [0.4, 0.5) is 0 Å². The topological polar surface area (TPSA) is 83.8 Å². The van der Waals surface area contributed by atoms with E-state index in [1.807, 2.05) is 0 Å². The van der Waals surface area contributed by atoms with Crippen LogP contribution in [0, 0.1) is 0 Å². The zero-order chi connectivity index (χ0) is 7.72. The Hall–Kier alpha value is -0.940. The lowest BCUT2D eigenvalue weighted by atomic mass is 10.1. The van der Waals surface area contributed by atoms with Gasteiger partial charge in [-0.1, -0.05) is 0 Å². The average Bonchev–Trinajstić information content (AvgIpc) is 1.82. The maximum absolute atomic E-state index is 10.4. The van der Waals surface area contributed by atoms with Crippen molar-refractivity contribution in [3.05, 3.63) is 0 Å². The van der Waals surface area contributed by atoms with Gasteiger partial charge in [-0.25, -0.2) is 4.79 Å². The first kappa shape index (κ1) is 7.17. The minimum Gasteiger partial charge on any atom is -0.430 e. The Kier molecular flexibility index (Phi) is 1.69. The van der Waals surface area contributed by atoms with Crippen LogP contribution in [-0.2, 0) is 14.3 Å². The van der Waals surface area contributed by atoms with Gasteiger partial charge in [0.25, 0.3) is 5.78 Å². The summed E-state index contributed by atoms with van der Waals surface area (Å²) in [5.74, 6) is -2.17. The SMILES string of the molecule is O=C1OC(O)CC(O)C1=O. The monoisotopic (exact) mass is 146 g/mol. The van der Waals surface area contributed by atoms with Gasteiger partial charge in [0.1, 0.15) is 6.10 Å². The first-order chi connectivity index (χ1) is 4.61. The summed E-state index contributed by atoms with van der Waals surface area (Å²) in [5.41, 5.74) is 0. The molecule has 1 aliphatic rings. The molecule has 5 heteroatoms. The van der Waals surface area contributed by atoms with Crippen LogP contribution < -0.4 is 0 Å². The van der Waals surface area contributed by atoms with Gasteiger partial charge in [-0.15, -0.1) is 0 Å². The molecule has 2 unspecified atom stereocenters. The first-order valence-corrected chi connectivity index (χ1v) is 2.72. The van der Waals surface area contributed by atoms with Crippen molar-refractivity contribution in [2.75, 3.05) is 0 Å². The Bertz CT molecular complexity index is 175. The molecule has 2 N–H and O–H groups in total. The molecule has 0 amide bonds. The number of ketones is 1. The Morgan fingerprint density at radius 2 is 2.00 bits per heavy atom. The fraction of sp³-hybridized carbons (Fsp3) is 0.600. The lowest BCUT2D eigenvalue weighted by Gasteiger charge is -2.19. The number of Topliss-reactive ketones (excluding diaryl/α,β-unsaturated/α-hetero) is 1. The van der Waals surface area contributed by atoms with Crippen molar-refractivity contribution >= 4 is 11.8 Å². The molecule has 0 aromatic rings. The number of carbonyl (C=O) groups excluding carboxylic acids is 2. The molecule has 0 saturated carbocycles. The number of carbonyl (C=O) groups is 2. The Balaban J connectivity index is 2.66. The summed E-state index contributed by atoms with van der Waals surface area (Å²) in [6, 6.07) is 0. The first-order valence-electron chi connectivity index (χ1n) is 2.72. The molecular weight excluding hydrogens is 140 g/mol. The number of cyclic esters (lactones) is 1. The number of hydrogen-bond donors (Lipinski definition) is 2. The summed E-state index contributed by atoms with van der Waals surface area (Å²) in [5, 5.41) is 17.3. The van der Waals surface area contributed by atoms with Crippen LogP contribution in [0.15, 0.2) is 0 Å². The van der Waals surface area contributed by atoms with Crippen molar-refractivity contribution in [1.82, 2.24) is 0 Å². The van der Waals surface area contributed by atoms with Gasteiger partial charge in [0.05, 0.1) is 0 Å². The molecule has 0 aromatic heterocycles. The number of esters is 1. The molecule has 2 atom stereocenters. The molecule has 0 bridgehead atoms. The van der Waals surface area contributed by atoms with E-state index in [-0.39, 0.29) is 6.42 Å². The molecule has 1 heterocycles. The molecule has 0 spiro atoms. The van der Waals surface area contributed by atoms with E-state index >= 15 is 0 Å². The lowest BCUT2D eigenvalue weighted by molar-refractivity contribution is -0.189. The fourth-order valence-corrected chi connectivity index (χ4v) is 0.664. The highest BCUT2D eigenvalue weighted by Gasteiger charge is 2.34. The van der Waals surface area contributed by atoms with Gasteiger partial charge in [0.2, 0.25) is 6.29 Å². The van der Waals surface area contributed by atoms with Crippen molar-refractivity contribution in [3.63, 3.8) is 0 Å². The van der Waals surface area contributed by atoms with Crippen molar-refractivity contribution in [3.8, 4) is 0 Å². The standard InChI is InChI=1S/C5H6O5/c6-2-1-3(7)10-5(9)4(2)8/h2-3,6-7H,1H2. The van der Waals surface area contributed by atoms with Crippen molar-refractivity contribution < 1.29 is 24.5 Å². The predicted octanol–water partition coefficient (Wildman–Crippen LogP) is -1.82. The Morgan fingerprint density at radius 1 is 1.40 bits per heavy atom. The van der Waals surface area contributed by atoms with Crippen molar-refractivity contribution in [2.24, 2.45) is 0 Å². The zero-order valence-corrected chi connectivity index (χ0v) is 4.98. The Labute approximate surface area is 56.2 Å². The highest BCUT2D eigenvalue weighted by Crippen LogP contribution is 2.09. The van der Waals surface area contributed by atoms with E-state index < -0.39 is 24.1 Å². The zero-order valence-electron chi connectivity index (χ0n) is 4.98. The maximum atomic E-state index is 10.4. The molecule has 1 fully saturated rings. The third-order valence-electron chi connectivity index (χ3n) is 1.17. The lowest BCUT2D eigenvalue weighted by Crippen LogP contribution is -2.41. The molecule has 0 aliphatic carbocycles. The Morgan fingerprint density at radius 3 is 2.50 bits per heavy atom. The quantitative estimate of drug-likeness (QED) is 0.310. The van der Waals surface area contributed by atoms with E-state index in [1.165, 1.54) is 0 Å². The molecule has 10 heavy (non-hydrogen) atoms. The molecule has 5 nitrogen and oxygen atoms in total. The molecule has 1 saturated heterocycles. The van der Waals surface area contributed by atoms with E-state index in [1.54, 1.807) is 0 Å². The molecule has 1 aliphatic heterocycles. The van der Waals surface area contributed by atoms with Crippen LogP contribution in [0.3, 0.4) is 0 Å². The van der Waals surface area contributed by atoms with Gasteiger partial charge in [-0.05, 0) is 0 Å². The summed E-state index contributed by atoms with van der Waals surface area (Å²) in [6.45, 7) is 0. The summed E-state index contributed by atoms with van der Waals surface area (Å²) in [6.07, 6.45) is -2.98. The number of rotatable bonds is 0. The fourth-order valence-electron chi connectivity index (χ4n) is 0.664. The molecule has 0 aromatic carbocycles. The van der Waals surface area contributed by atoms with Gasteiger partial charge >= 0.3 is 5.97 Å². The molecule has 1 rings (SSSR count). The highest BCUT2D eigenvalue weighted by molar-refractivity contribution is 6.35. The third-order valence-corrected chi connectivity index (χ3v) is 1.17. The normalized spacial score (nSPS) is 33.8. The maximum Gasteiger partial charge on any atom is 0.379 e. The second-order valence-electron chi connectivity index (χ2n) is 1.98. The van der Waals surface area contributed by atoms with Crippen LogP contribution >= 0.6 is 0 Å². The third kappa shape index (κ3) is 1.14. The van der Waals surface area contributed by atoms with Crippen LogP contribution in [0.25, 0.3) is 0 Å². The van der Waals surface area contributed by atoms with Gasteiger partial charge in [-0.2, -0.15) is 0 Å². The molecule has 0 radical (unpaired) electrons. The summed E-state index contributed by atoms with van der Waals surface area (Å²) in [4.78, 5) is 20.8. The van der Waals surface area contributed by atoms with Gasteiger partial charge in [-0.3, -0.25) is 4.79 Å². The van der Waals surface area contributed by atoms with Crippen LogP contribution in [0.5, 0.6) is 0 Å². The predicted molar refractivity (Wildman–Crippen MR) is 27.7 cm³/mol. The second-order valence-corrected chi connectivity index (χ2v) is 1.98. The summed E-state index contributed by atoms with van der Waals surface area (Å²) >= 11 is 0. The van der Waals surface area contributed by atoms with Gasteiger partial charge in [0, 0.05) is 6.42 Å². The number of ether oxygens (including phenoxy) is 1. The molecule has 56 valence electrons. The van der Waals surface area contributed by atoms with E-state index in [0.29, 0.717) is 0 Å². The average molecular weight is 146 g/mol. The summed E-state index contributed by atoms with van der Waals surface area (Å²) < 4.78 is 4.08. The van der Waals surface area contributed by atoms with Crippen molar-refractivity contribution in [1.29, 1.82) is 0 Å². The smallest absolute Gasteiger partial charge is 0.379 e.